The lowest BCUT2D eigenvalue weighted by Gasteiger charge is -2.50. The normalized spacial score (nSPS) is 22.5. The van der Waals surface area contributed by atoms with Gasteiger partial charge in [-0.05, 0) is 36.6 Å². The van der Waals surface area contributed by atoms with Gasteiger partial charge < -0.3 is 15.0 Å². The van der Waals surface area contributed by atoms with E-state index in [4.69, 9.17) is 4.74 Å². The summed E-state index contributed by atoms with van der Waals surface area (Å²) < 4.78 is 44.0. The van der Waals surface area contributed by atoms with Gasteiger partial charge in [0, 0.05) is 25.4 Å². The number of fused-ring (bicyclic) bond motifs is 3. The number of hydrogen-bond donors (Lipinski definition) is 2. The minimum atomic E-state index is -4.44. The van der Waals surface area contributed by atoms with E-state index in [-0.39, 0.29) is 55.4 Å². The van der Waals surface area contributed by atoms with Gasteiger partial charge in [0.25, 0.3) is 0 Å². The quantitative estimate of drug-likeness (QED) is 0.466. The van der Waals surface area contributed by atoms with Crippen LogP contribution < -0.4 is 15.5 Å². The first kappa shape index (κ1) is 26.8. The molecule has 2 fully saturated rings. The van der Waals surface area contributed by atoms with Crippen molar-refractivity contribution in [2.45, 2.75) is 63.6 Å². The van der Waals surface area contributed by atoms with Crippen LogP contribution in [0.3, 0.4) is 0 Å². The summed E-state index contributed by atoms with van der Waals surface area (Å²) in [7, 11) is 0. The molecule has 2 amide bonds. The van der Waals surface area contributed by atoms with E-state index < -0.39 is 11.7 Å². The number of hydrogen-bond acceptors (Lipinski definition) is 6. The number of carbonyl (C=O) groups is 2. The highest BCUT2D eigenvalue weighted by molar-refractivity contribution is 5.91. The van der Waals surface area contributed by atoms with Crippen LogP contribution in [0.25, 0.3) is 0 Å². The Hall–Kier alpha value is -3.76. The fourth-order valence-electron chi connectivity index (χ4n) is 5.62. The minimum absolute atomic E-state index is 0.0457. The van der Waals surface area contributed by atoms with Gasteiger partial charge >= 0.3 is 6.18 Å². The first-order valence-electron chi connectivity index (χ1n) is 13.3. The molecule has 1 saturated heterocycles. The van der Waals surface area contributed by atoms with E-state index in [2.05, 4.69) is 20.7 Å². The Labute approximate surface area is 225 Å². The summed E-state index contributed by atoms with van der Waals surface area (Å²) in [6, 6.07) is 14.6. The number of nitrogens with one attached hydrogen (secondary N) is 2. The molecule has 3 atom stereocenters. The number of hydrazone groups is 1. The van der Waals surface area contributed by atoms with Crippen molar-refractivity contribution >= 4 is 17.6 Å². The van der Waals surface area contributed by atoms with Gasteiger partial charge in [-0.15, -0.1) is 0 Å². The Morgan fingerprint density at radius 3 is 2.69 bits per heavy atom. The van der Waals surface area contributed by atoms with Crippen LogP contribution in [-0.4, -0.2) is 52.9 Å². The van der Waals surface area contributed by atoms with Crippen LogP contribution in [0.5, 0.6) is 5.75 Å². The molecule has 208 valence electrons. The second-order valence-corrected chi connectivity index (χ2v) is 10.1. The van der Waals surface area contributed by atoms with E-state index in [1.807, 2.05) is 35.2 Å². The van der Waals surface area contributed by atoms with Gasteiger partial charge in [-0.25, -0.2) is 0 Å². The number of amides is 2. The Kier molecular flexibility index (Phi) is 7.94. The summed E-state index contributed by atoms with van der Waals surface area (Å²) in [4.78, 5) is 30.0. The number of alkyl halides is 3. The maximum absolute atomic E-state index is 13.5. The van der Waals surface area contributed by atoms with Crippen molar-refractivity contribution < 1.29 is 27.5 Å². The first-order chi connectivity index (χ1) is 18.8. The Bertz CT molecular complexity index is 1210. The molecule has 0 spiro atoms. The van der Waals surface area contributed by atoms with Crippen molar-refractivity contribution in [1.82, 2.24) is 20.5 Å². The summed E-state index contributed by atoms with van der Waals surface area (Å²) >= 11 is 0. The number of rotatable bonds is 9. The summed E-state index contributed by atoms with van der Waals surface area (Å²) in [5.74, 6) is 0.706. The number of halogens is 3. The van der Waals surface area contributed by atoms with Crippen molar-refractivity contribution in [1.29, 1.82) is 0 Å². The maximum atomic E-state index is 13.5. The Morgan fingerprint density at radius 2 is 1.90 bits per heavy atom. The number of carbonyl (C=O) groups excluding carboxylic acids is 2. The molecule has 39 heavy (non-hydrogen) atoms. The van der Waals surface area contributed by atoms with Crippen LogP contribution >= 0.6 is 0 Å². The smallest absolute Gasteiger partial charge is 0.416 e. The van der Waals surface area contributed by atoms with E-state index >= 15 is 0 Å². The fraction of sp³-hybridized carbons (Fsp3) is 0.464. The summed E-state index contributed by atoms with van der Waals surface area (Å²) in [6.45, 7) is 0.687. The van der Waals surface area contributed by atoms with Gasteiger partial charge in [0.1, 0.15) is 18.2 Å². The summed E-state index contributed by atoms with van der Waals surface area (Å²) in [5, 5.41) is 7.29. The SMILES string of the molecule is O=C(CCC1=NNC2N(Cc3ccccc3)C(=O)C3CCCCC3N12)NCCOc1cccc(C(F)(F)F)c1. The molecule has 2 heterocycles. The third-order valence-corrected chi connectivity index (χ3v) is 7.48. The van der Waals surface area contributed by atoms with E-state index in [0.29, 0.717) is 13.0 Å². The molecule has 0 aromatic heterocycles. The second-order valence-electron chi connectivity index (χ2n) is 10.1. The molecule has 11 heteroatoms. The van der Waals surface area contributed by atoms with Crippen LogP contribution in [0, 0.1) is 5.92 Å². The molecular formula is C28H32F3N5O3. The van der Waals surface area contributed by atoms with Gasteiger partial charge in [-0.3, -0.25) is 19.9 Å². The van der Waals surface area contributed by atoms with E-state index in [0.717, 1.165) is 49.2 Å². The minimum Gasteiger partial charge on any atom is -0.492 e. The van der Waals surface area contributed by atoms with E-state index in [9.17, 15) is 22.8 Å². The molecule has 0 bridgehead atoms. The second kappa shape index (κ2) is 11.5. The van der Waals surface area contributed by atoms with Crippen molar-refractivity contribution in [2.75, 3.05) is 13.2 Å². The maximum Gasteiger partial charge on any atom is 0.416 e. The number of benzene rings is 2. The van der Waals surface area contributed by atoms with Crippen molar-refractivity contribution in [3.63, 3.8) is 0 Å². The molecule has 3 aliphatic rings. The number of amidine groups is 1. The fourth-order valence-corrected chi connectivity index (χ4v) is 5.62. The highest BCUT2D eigenvalue weighted by Gasteiger charge is 2.50. The van der Waals surface area contributed by atoms with E-state index in [1.165, 1.54) is 12.1 Å². The number of nitrogens with zero attached hydrogens (tertiary/aromatic N) is 3. The van der Waals surface area contributed by atoms with Gasteiger partial charge in [0.05, 0.1) is 18.0 Å². The Balaban J connectivity index is 1.14. The lowest BCUT2D eigenvalue weighted by molar-refractivity contribution is -0.156. The zero-order valence-electron chi connectivity index (χ0n) is 21.5. The van der Waals surface area contributed by atoms with Gasteiger partial charge in [0.15, 0.2) is 6.29 Å². The summed E-state index contributed by atoms with van der Waals surface area (Å²) in [6.07, 6.45) is -0.398. The molecule has 8 nitrogen and oxygen atoms in total. The molecule has 2 aromatic rings. The van der Waals surface area contributed by atoms with Crippen LogP contribution in [0.1, 0.15) is 49.7 Å². The van der Waals surface area contributed by atoms with Gasteiger partial charge in [-0.1, -0.05) is 49.2 Å². The lowest BCUT2D eigenvalue weighted by atomic mass is 9.80. The largest absolute Gasteiger partial charge is 0.492 e. The monoisotopic (exact) mass is 543 g/mol. The third kappa shape index (κ3) is 6.12. The highest BCUT2D eigenvalue weighted by Crippen LogP contribution is 2.38. The average Bonchev–Trinajstić information content (AvgIpc) is 3.36. The average molecular weight is 544 g/mol. The predicted molar refractivity (Wildman–Crippen MR) is 138 cm³/mol. The molecule has 1 aliphatic carbocycles. The first-order valence-corrected chi connectivity index (χ1v) is 13.3. The summed E-state index contributed by atoms with van der Waals surface area (Å²) in [5.41, 5.74) is 3.40. The van der Waals surface area contributed by atoms with Crippen LogP contribution in [-0.2, 0) is 22.3 Å². The molecule has 5 rings (SSSR count). The molecule has 0 radical (unpaired) electrons. The van der Waals surface area contributed by atoms with E-state index in [1.54, 1.807) is 0 Å². The molecular weight excluding hydrogens is 511 g/mol. The van der Waals surface area contributed by atoms with Crippen LogP contribution in [0.2, 0.25) is 0 Å². The molecule has 2 N–H and O–H groups in total. The van der Waals surface area contributed by atoms with Crippen LogP contribution in [0.15, 0.2) is 59.7 Å². The Morgan fingerprint density at radius 1 is 1.10 bits per heavy atom. The van der Waals surface area contributed by atoms with Gasteiger partial charge in [0.2, 0.25) is 11.8 Å². The zero-order valence-corrected chi connectivity index (χ0v) is 21.5. The van der Waals surface area contributed by atoms with Crippen LogP contribution in [0.4, 0.5) is 13.2 Å². The molecule has 2 aliphatic heterocycles. The topological polar surface area (TPSA) is 86.3 Å². The highest BCUT2D eigenvalue weighted by atomic mass is 19.4. The third-order valence-electron chi connectivity index (χ3n) is 7.48. The predicted octanol–water partition coefficient (Wildman–Crippen LogP) is 4.08. The van der Waals surface area contributed by atoms with Crippen molar-refractivity contribution in [3.05, 3.63) is 65.7 Å². The molecule has 2 aromatic carbocycles. The number of ether oxygens (including phenoxy) is 1. The zero-order chi connectivity index (χ0) is 27.4. The van der Waals surface area contributed by atoms with Crippen molar-refractivity contribution in [2.24, 2.45) is 11.0 Å². The molecule has 3 unspecified atom stereocenters. The standard InChI is InChI=1S/C28H32F3N5O3/c29-28(30,31)20-9-6-10-21(17-20)39-16-15-32-25(37)14-13-24-33-34-27-35(18-19-7-2-1-3-8-19)26(38)22-11-4-5-12-23(22)36(24)27/h1-3,6-10,17,22-23,27,34H,4-5,11-16,18H2,(H,32,37). The lowest BCUT2D eigenvalue weighted by Crippen LogP contribution is -2.67. The molecule has 1 saturated carbocycles. The van der Waals surface area contributed by atoms with Crippen molar-refractivity contribution in [3.8, 4) is 5.75 Å². The van der Waals surface area contributed by atoms with Gasteiger partial charge in [-0.2, -0.15) is 18.3 Å².